The molecule has 3 aromatic rings. The van der Waals surface area contributed by atoms with Crippen molar-refractivity contribution in [1.29, 1.82) is 0 Å². The Morgan fingerprint density at radius 1 is 0.800 bits per heavy atom. The second kappa shape index (κ2) is 5.68. The van der Waals surface area contributed by atoms with E-state index in [1.807, 2.05) is 36.5 Å². The molecule has 0 spiro atoms. The first-order valence-corrected chi connectivity index (χ1v) is 8.68. The number of fused-ring (bicyclic) bond motifs is 1. The highest BCUT2D eigenvalue weighted by Crippen LogP contribution is 2.38. The highest BCUT2D eigenvalue weighted by molar-refractivity contribution is 6.66. The number of pyridine rings is 1. The lowest BCUT2D eigenvalue weighted by molar-refractivity contribution is 0.00578. The molecule has 2 aromatic carbocycles. The maximum Gasteiger partial charge on any atom is 0.497 e. The van der Waals surface area contributed by atoms with Crippen LogP contribution in [0.5, 0.6) is 0 Å². The molecular formula is C21H22BNO2. The minimum atomic E-state index is -0.446. The maximum absolute atomic E-state index is 6.36. The predicted octanol–water partition coefficient (Wildman–Crippen LogP) is 4.20. The van der Waals surface area contributed by atoms with Gasteiger partial charge in [0.05, 0.1) is 16.9 Å². The van der Waals surface area contributed by atoms with Gasteiger partial charge in [0.1, 0.15) is 0 Å². The molecule has 0 saturated carbocycles. The Morgan fingerprint density at radius 2 is 1.40 bits per heavy atom. The molecule has 1 fully saturated rings. The largest absolute Gasteiger partial charge is 0.497 e. The lowest BCUT2D eigenvalue weighted by atomic mass is 9.74. The normalized spacial score (nSPS) is 18.6. The molecule has 1 aromatic heterocycles. The minimum absolute atomic E-state index is 0.386. The molecule has 4 rings (SSSR count). The summed E-state index contributed by atoms with van der Waals surface area (Å²) in [5.74, 6) is 0. The van der Waals surface area contributed by atoms with Gasteiger partial charge < -0.3 is 9.31 Å². The summed E-state index contributed by atoms with van der Waals surface area (Å²) in [5.41, 5.74) is 2.21. The van der Waals surface area contributed by atoms with Gasteiger partial charge in [-0.05, 0) is 44.0 Å². The van der Waals surface area contributed by atoms with E-state index in [0.29, 0.717) is 0 Å². The van der Waals surface area contributed by atoms with Crippen molar-refractivity contribution in [2.75, 3.05) is 0 Å². The topological polar surface area (TPSA) is 31.4 Å². The highest BCUT2D eigenvalue weighted by atomic mass is 16.7. The molecule has 0 aliphatic carbocycles. The Bertz CT molecular complexity index is 906. The van der Waals surface area contributed by atoms with E-state index >= 15 is 0 Å². The average Bonchev–Trinajstić information content (AvgIpc) is 2.82. The lowest BCUT2D eigenvalue weighted by Crippen LogP contribution is -2.41. The smallest absolute Gasteiger partial charge is 0.399 e. The molecule has 0 radical (unpaired) electrons. The van der Waals surface area contributed by atoms with E-state index in [9.17, 15) is 0 Å². The van der Waals surface area contributed by atoms with E-state index in [1.165, 1.54) is 0 Å². The zero-order valence-electron chi connectivity index (χ0n) is 15.1. The van der Waals surface area contributed by atoms with Gasteiger partial charge >= 0.3 is 7.12 Å². The fraction of sp³-hybridized carbons (Fsp3) is 0.286. The molecule has 1 aliphatic heterocycles. The monoisotopic (exact) mass is 331 g/mol. The Labute approximate surface area is 149 Å². The number of nitrogens with zero attached hydrogens (tertiary/aromatic N) is 1. The van der Waals surface area contributed by atoms with Crippen molar-refractivity contribution >= 4 is 23.4 Å². The molecule has 126 valence electrons. The van der Waals surface area contributed by atoms with Crippen LogP contribution in [0.25, 0.3) is 22.0 Å². The van der Waals surface area contributed by atoms with E-state index in [1.54, 1.807) is 0 Å². The van der Waals surface area contributed by atoms with Gasteiger partial charge in [-0.2, -0.15) is 0 Å². The van der Waals surface area contributed by atoms with E-state index in [4.69, 9.17) is 14.3 Å². The summed E-state index contributed by atoms with van der Waals surface area (Å²) in [6, 6.07) is 18.5. The molecule has 1 aliphatic rings. The van der Waals surface area contributed by atoms with Crippen LogP contribution in [0.15, 0.2) is 60.8 Å². The fourth-order valence-corrected chi connectivity index (χ4v) is 3.21. The minimum Gasteiger partial charge on any atom is -0.399 e. The summed E-state index contributed by atoms with van der Waals surface area (Å²) in [4.78, 5) is 4.76. The second-order valence-corrected chi connectivity index (χ2v) is 7.56. The molecular weight excluding hydrogens is 309 g/mol. The van der Waals surface area contributed by atoms with Crippen LogP contribution in [0.1, 0.15) is 27.7 Å². The quantitative estimate of drug-likeness (QED) is 0.660. The van der Waals surface area contributed by atoms with Crippen LogP contribution in [0.3, 0.4) is 0 Å². The lowest BCUT2D eigenvalue weighted by Gasteiger charge is -2.32. The average molecular weight is 331 g/mol. The van der Waals surface area contributed by atoms with Crippen LogP contribution in [0.4, 0.5) is 0 Å². The third-order valence-corrected chi connectivity index (χ3v) is 5.37. The SMILES string of the molecule is CC1(C)OB(c2c(-c3ccccc3)ncc3ccccc23)OC1(C)C. The van der Waals surface area contributed by atoms with Crippen molar-refractivity contribution in [2.24, 2.45) is 0 Å². The van der Waals surface area contributed by atoms with Gasteiger partial charge in [-0.1, -0.05) is 54.6 Å². The zero-order chi connectivity index (χ0) is 17.7. The van der Waals surface area contributed by atoms with Crippen LogP contribution in [-0.2, 0) is 9.31 Å². The number of aromatic nitrogens is 1. The van der Waals surface area contributed by atoms with Crippen LogP contribution in [0.2, 0.25) is 0 Å². The van der Waals surface area contributed by atoms with E-state index in [0.717, 1.165) is 27.5 Å². The molecule has 3 nitrogen and oxygen atoms in total. The molecule has 1 saturated heterocycles. The molecule has 0 amide bonds. The van der Waals surface area contributed by atoms with Crippen molar-refractivity contribution in [1.82, 2.24) is 4.98 Å². The second-order valence-electron chi connectivity index (χ2n) is 7.56. The van der Waals surface area contributed by atoms with E-state index < -0.39 is 7.12 Å². The fourth-order valence-electron chi connectivity index (χ4n) is 3.21. The van der Waals surface area contributed by atoms with Gasteiger partial charge in [0.2, 0.25) is 0 Å². The van der Waals surface area contributed by atoms with Gasteiger partial charge in [0, 0.05) is 11.7 Å². The van der Waals surface area contributed by atoms with Crippen molar-refractivity contribution in [3.05, 3.63) is 60.8 Å². The van der Waals surface area contributed by atoms with Crippen molar-refractivity contribution in [2.45, 2.75) is 38.9 Å². The van der Waals surface area contributed by atoms with Crippen molar-refractivity contribution < 1.29 is 9.31 Å². The van der Waals surface area contributed by atoms with E-state index in [2.05, 4.69) is 52.0 Å². The van der Waals surface area contributed by atoms with Gasteiger partial charge in [-0.15, -0.1) is 0 Å². The maximum atomic E-state index is 6.36. The third-order valence-electron chi connectivity index (χ3n) is 5.37. The highest BCUT2D eigenvalue weighted by Gasteiger charge is 2.52. The van der Waals surface area contributed by atoms with Gasteiger partial charge in [-0.25, -0.2) is 0 Å². The molecule has 0 atom stereocenters. The molecule has 2 heterocycles. The summed E-state index contributed by atoms with van der Waals surface area (Å²) in [7, 11) is -0.446. The third kappa shape index (κ3) is 2.66. The van der Waals surface area contributed by atoms with Gasteiger partial charge in [0.15, 0.2) is 0 Å². The standard InChI is InChI=1S/C21H22BNO2/c1-20(2)21(3,4)25-22(24-20)18-17-13-9-8-12-16(17)14-23-19(18)15-10-6-5-7-11-15/h5-14H,1-4H3. The molecule has 0 N–H and O–H groups in total. The Hall–Kier alpha value is -2.17. The summed E-state index contributed by atoms with van der Waals surface area (Å²) in [5, 5.41) is 2.21. The predicted molar refractivity (Wildman–Crippen MR) is 103 cm³/mol. The Kier molecular flexibility index (Phi) is 3.71. The first kappa shape index (κ1) is 16.3. The molecule has 0 bridgehead atoms. The summed E-state index contributed by atoms with van der Waals surface area (Å²) >= 11 is 0. The summed E-state index contributed by atoms with van der Waals surface area (Å²) in [6.07, 6.45) is 1.92. The van der Waals surface area contributed by atoms with Gasteiger partial charge in [0.25, 0.3) is 0 Å². The van der Waals surface area contributed by atoms with E-state index in [-0.39, 0.29) is 11.2 Å². The molecule has 0 unspecified atom stereocenters. The number of rotatable bonds is 2. The van der Waals surface area contributed by atoms with Crippen LogP contribution in [-0.4, -0.2) is 23.3 Å². The number of hydrogen-bond donors (Lipinski definition) is 0. The summed E-state index contributed by atoms with van der Waals surface area (Å²) in [6.45, 7) is 8.31. The number of benzene rings is 2. The van der Waals surface area contributed by atoms with Crippen molar-refractivity contribution in [3.63, 3.8) is 0 Å². The van der Waals surface area contributed by atoms with Crippen LogP contribution in [0, 0.1) is 0 Å². The number of hydrogen-bond acceptors (Lipinski definition) is 3. The first-order valence-electron chi connectivity index (χ1n) is 8.68. The first-order chi connectivity index (χ1) is 11.9. The summed E-state index contributed by atoms with van der Waals surface area (Å²) < 4.78 is 12.7. The Morgan fingerprint density at radius 3 is 2.08 bits per heavy atom. The molecule has 4 heteroatoms. The van der Waals surface area contributed by atoms with Crippen LogP contribution >= 0.6 is 0 Å². The Balaban J connectivity index is 1.95. The van der Waals surface area contributed by atoms with Gasteiger partial charge in [-0.3, -0.25) is 4.98 Å². The zero-order valence-corrected chi connectivity index (χ0v) is 15.1. The van der Waals surface area contributed by atoms with Crippen LogP contribution < -0.4 is 5.46 Å². The molecule has 25 heavy (non-hydrogen) atoms. The van der Waals surface area contributed by atoms with Crippen molar-refractivity contribution in [3.8, 4) is 11.3 Å².